The van der Waals surface area contributed by atoms with Crippen LogP contribution >= 0.6 is 0 Å². The molecule has 0 amide bonds. The number of hydrogen-bond donors (Lipinski definition) is 0. The first-order valence-corrected chi connectivity index (χ1v) is 7.92. The van der Waals surface area contributed by atoms with Gasteiger partial charge in [0, 0.05) is 0 Å². The van der Waals surface area contributed by atoms with Gasteiger partial charge in [0.25, 0.3) is 0 Å². The van der Waals surface area contributed by atoms with Crippen LogP contribution < -0.4 is 0 Å². The molecule has 0 aromatic rings. The molecule has 0 aliphatic carbocycles. The Morgan fingerprint density at radius 3 is 1.69 bits per heavy atom. The van der Waals surface area contributed by atoms with Crippen molar-refractivity contribution in [3.05, 3.63) is 6.92 Å². The Bertz CT molecular complexity index is 165. The minimum absolute atomic E-state index is 0.0665. The second-order valence-electron chi connectivity index (χ2n) is 5.87. The van der Waals surface area contributed by atoms with Gasteiger partial charge in [-0.2, -0.15) is 0 Å². The summed E-state index contributed by atoms with van der Waals surface area (Å²) >= 11 is 0. The van der Waals surface area contributed by atoms with Crippen LogP contribution in [0.25, 0.3) is 0 Å². The lowest BCUT2D eigenvalue weighted by Gasteiger charge is -2.42. The zero-order chi connectivity index (χ0) is 10.9. The van der Waals surface area contributed by atoms with Gasteiger partial charge in [-0.1, -0.05) is 27.7 Å². The summed E-state index contributed by atoms with van der Waals surface area (Å²) in [5, 5.41) is 0.291. The fourth-order valence-corrected chi connectivity index (χ4v) is 2.68. The van der Waals surface area contributed by atoms with Gasteiger partial charge in [0.2, 0.25) is 0 Å². The minimum atomic E-state index is -1.60. The van der Waals surface area contributed by atoms with Crippen LogP contribution in [0, 0.1) is 6.92 Å². The summed E-state index contributed by atoms with van der Waals surface area (Å²) in [5.74, 6) is 0. The third-order valence-corrected chi connectivity index (χ3v) is 7.61. The molecular formula is C11H25OSi. The van der Waals surface area contributed by atoms with Gasteiger partial charge in [-0.25, -0.2) is 0 Å². The molecule has 13 heavy (non-hydrogen) atoms. The van der Waals surface area contributed by atoms with Crippen molar-refractivity contribution in [2.24, 2.45) is 0 Å². The highest BCUT2D eigenvalue weighted by Crippen LogP contribution is 2.39. The standard InChI is InChI=1S/C11H25OSi/c1-9-11(5,6)12-13(7,8)10(2,3)4/h1,9H2,2-8H3. The van der Waals surface area contributed by atoms with Crippen LogP contribution in [0.1, 0.15) is 41.0 Å². The van der Waals surface area contributed by atoms with E-state index in [4.69, 9.17) is 4.43 Å². The Morgan fingerprint density at radius 1 is 1.08 bits per heavy atom. The molecule has 0 bridgehead atoms. The van der Waals surface area contributed by atoms with E-state index in [1.165, 1.54) is 0 Å². The van der Waals surface area contributed by atoms with Crippen molar-refractivity contribution in [3.63, 3.8) is 0 Å². The van der Waals surface area contributed by atoms with E-state index in [1.807, 2.05) is 0 Å². The summed E-state index contributed by atoms with van der Waals surface area (Å²) in [6.07, 6.45) is 0.833. The van der Waals surface area contributed by atoms with Crippen LogP contribution in [0.5, 0.6) is 0 Å². The van der Waals surface area contributed by atoms with Gasteiger partial charge in [-0.05, 0) is 38.4 Å². The topological polar surface area (TPSA) is 9.23 Å². The van der Waals surface area contributed by atoms with E-state index in [0.29, 0.717) is 5.04 Å². The van der Waals surface area contributed by atoms with E-state index < -0.39 is 8.32 Å². The minimum Gasteiger partial charge on any atom is -0.412 e. The maximum atomic E-state index is 6.22. The molecule has 79 valence electrons. The van der Waals surface area contributed by atoms with E-state index in [1.54, 1.807) is 0 Å². The van der Waals surface area contributed by atoms with Crippen LogP contribution in [0.3, 0.4) is 0 Å². The van der Waals surface area contributed by atoms with E-state index in [9.17, 15) is 0 Å². The van der Waals surface area contributed by atoms with Crippen molar-refractivity contribution in [1.29, 1.82) is 0 Å². The van der Waals surface area contributed by atoms with Crippen LogP contribution in [-0.4, -0.2) is 13.9 Å². The van der Waals surface area contributed by atoms with Crippen LogP contribution in [0.4, 0.5) is 0 Å². The van der Waals surface area contributed by atoms with Crippen molar-refractivity contribution in [3.8, 4) is 0 Å². The molecule has 0 aliphatic heterocycles. The summed E-state index contributed by atoms with van der Waals surface area (Å²) in [5.41, 5.74) is -0.0665. The normalized spacial score (nSPS) is 14.8. The molecule has 0 aromatic carbocycles. The Labute approximate surface area is 85.0 Å². The lowest BCUT2D eigenvalue weighted by atomic mass is 10.1. The second-order valence-corrected chi connectivity index (χ2v) is 10.6. The maximum absolute atomic E-state index is 6.22. The molecular weight excluding hydrogens is 176 g/mol. The molecule has 0 fully saturated rings. The van der Waals surface area contributed by atoms with Crippen LogP contribution in [0.15, 0.2) is 0 Å². The summed E-state index contributed by atoms with van der Waals surface area (Å²) < 4.78 is 6.22. The molecule has 0 aliphatic rings. The van der Waals surface area contributed by atoms with Crippen LogP contribution in [0.2, 0.25) is 18.1 Å². The van der Waals surface area contributed by atoms with Gasteiger partial charge in [0.1, 0.15) is 0 Å². The summed E-state index contributed by atoms with van der Waals surface area (Å²) in [6, 6.07) is 0. The molecule has 1 nitrogen and oxygen atoms in total. The third-order valence-electron chi connectivity index (χ3n) is 2.94. The summed E-state index contributed by atoms with van der Waals surface area (Å²) in [4.78, 5) is 0. The van der Waals surface area contributed by atoms with Gasteiger partial charge < -0.3 is 4.43 Å². The maximum Gasteiger partial charge on any atom is 0.192 e. The van der Waals surface area contributed by atoms with Crippen molar-refractivity contribution < 1.29 is 4.43 Å². The van der Waals surface area contributed by atoms with Gasteiger partial charge in [-0.3, -0.25) is 0 Å². The van der Waals surface area contributed by atoms with E-state index in [-0.39, 0.29) is 5.60 Å². The average molecular weight is 201 g/mol. The monoisotopic (exact) mass is 201 g/mol. The highest BCUT2D eigenvalue weighted by molar-refractivity contribution is 6.74. The average Bonchev–Trinajstić information content (AvgIpc) is 1.83. The second kappa shape index (κ2) is 3.74. The SMILES string of the molecule is [CH2]CC(C)(C)O[Si](C)(C)C(C)(C)C. The first-order valence-electron chi connectivity index (χ1n) is 5.01. The Morgan fingerprint density at radius 2 is 1.46 bits per heavy atom. The predicted molar refractivity (Wildman–Crippen MR) is 62.3 cm³/mol. The largest absolute Gasteiger partial charge is 0.412 e. The molecule has 0 rings (SSSR count). The molecule has 0 spiro atoms. The molecule has 0 saturated heterocycles. The predicted octanol–water partition coefficient (Wildman–Crippen LogP) is 4.01. The van der Waals surface area contributed by atoms with Gasteiger partial charge in [0.05, 0.1) is 5.60 Å². The molecule has 0 aromatic heterocycles. The first-order chi connectivity index (χ1) is 5.52. The van der Waals surface area contributed by atoms with E-state index in [0.717, 1.165) is 6.42 Å². The summed E-state index contributed by atoms with van der Waals surface area (Å²) in [7, 11) is -1.60. The van der Waals surface area contributed by atoms with Crippen LogP contribution in [-0.2, 0) is 4.43 Å². The van der Waals surface area contributed by atoms with Crippen molar-refractivity contribution in [2.75, 3.05) is 0 Å². The smallest absolute Gasteiger partial charge is 0.192 e. The van der Waals surface area contributed by atoms with Gasteiger partial charge in [0.15, 0.2) is 8.32 Å². The Balaban J connectivity index is 4.52. The zero-order valence-electron chi connectivity index (χ0n) is 10.3. The fraction of sp³-hybridized carbons (Fsp3) is 0.909. The van der Waals surface area contributed by atoms with Crippen molar-refractivity contribution in [2.45, 2.75) is 64.8 Å². The first kappa shape index (κ1) is 13.2. The Kier molecular flexibility index (Phi) is 3.79. The summed E-state index contributed by atoms with van der Waals surface area (Å²) in [6.45, 7) is 19.5. The molecule has 0 unspecified atom stereocenters. The number of rotatable bonds is 3. The fourth-order valence-electron chi connectivity index (χ4n) is 0.895. The molecule has 2 heteroatoms. The molecule has 0 heterocycles. The molecule has 0 atom stereocenters. The highest BCUT2D eigenvalue weighted by Gasteiger charge is 2.40. The molecule has 1 radical (unpaired) electrons. The highest BCUT2D eigenvalue weighted by atomic mass is 28.4. The molecule has 0 N–H and O–H groups in total. The van der Waals surface area contributed by atoms with Crippen molar-refractivity contribution in [1.82, 2.24) is 0 Å². The third kappa shape index (κ3) is 3.82. The quantitative estimate of drug-likeness (QED) is 0.627. The van der Waals surface area contributed by atoms with E-state index >= 15 is 0 Å². The zero-order valence-corrected chi connectivity index (χ0v) is 11.3. The van der Waals surface area contributed by atoms with Gasteiger partial charge in [-0.15, -0.1) is 0 Å². The Hall–Kier alpha value is 0.177. The lowest BCUT2D eigenvalue weighted by Crippen LogP contribution is -2.47. The molecule has 0 saturated carbocycles. The number of hydrogen-bond acceptors (Lipinski definition) is 1. The van der Waals surface area contributed by atoms with E-state index in [2.05, 4.69) is 54.6 Å². The van der Waals surface area contributed by atoms with Crippen molar-refractivity contribution >= 4 is 8.32 Å². The van der Waals surface area contributed by atoms with Gasteiger partial charge >= 0.3 is 0 Å². The lowest BCUT2D eigenvalue weighted by molar-refractivity contribution is 0.0941.